The van der Waals surface area contributed by atoms with Crippen LogP contribution in [-0.4, -0.2) is 36.0 Å². The highest BCUT2D eigenvalue weighted by Crippen LogP contribution is 2.23. The average Bonchev–Trinajstić information content (AvgIpc) is 2.46. The molecule has 5 nitrogen and oxygen atoms in total. The number of benzene rings is 1. The van der Waals surface area contributed by atoms with Crippen molar-refractivity contribution in [1.29, 1.82) is 0 Å². The normalized spacial score (nSPS) is 21.2. The van der Waals surface area contributed by atoms with Crippen LogP contribution in [0.15, 0.2) is 18.2 Å². The molecule has 21 heavy (non-hydrogen) atoms. The molecular formula is C16H25N3O2. The SMILES string of the molecule is Cc1ccc(C(C)NCC2CCCCN2C)cc1[N+](=O)[O-]. The topological polar surface area (TPSA) is 58.4 Å². The Morgan fingerprint density at radius 1 is 1.48 bits per heavy atom. The van der Waals surface area contributed by atoms with Gasteiger partial charge < -0.3 is 10.2 Å². The van der Waals surface area contributed by atoms with Crippen molar-refractivity contribution in [3.63, 3.8) is 0 Å². The van der Waals surface area contributed by atoms with Gasteiger partial charge in [-0.15, -0.1) is 0 Å². The Balaban J connectivity index is 1.98. The van der Waals surface area contributed by atoms with E-state index in [9.17, 15) is 10.1 Å². The molecule has 2 rings (SSSR count). The van der Waals surface area contributed by atoms with Gasteiger partial charge in [0.15, 0.2) is 0 Å². The van der Waals surface area contributed by atoms with Crippen molar-refractivity contribution in [3.05, 3.63) is 39.4 Å². The summed E-state index contributed by atoms with van der Waals surface area (Å²) in [6.45, 7) is 5.93. The number of nitro groups is 1. The van der Waals surface area contributed by atoms with Crippen molar-refractivity contribution < 1.29 is 4.92 Å². The third-order valence-corrected chi connectivity index (χ3v) is 4.51. The van der Waals surface area contributed by atoms with Crippen LogP contribution in [0.2, 0.25) is 0 Å². The number of hydrogen-bond donors (Lipinski definition) is 1. The molecular weight excluding hydrogens is 266 g/mol. The predicted octanol–water partition coefficient (Wildman–Crippen LogP) is 3.04. The predicted molar refractivity (Wildman–Crippen MR) is 84.5 cm³/mol. The summed E-state index contributed by atoms with van der Waals surface area (Å²) in [6, 6.07) is 6.20. The van der Waals surface area contributed by atoms with E-state index in [-0.39, 0.29) is 16.7 Å². The van der Waals surface area contributed by atoms with E-state index in [0.29, 0.717) is 11.6 Å². The van der Waals surface area contributed by atoms with E-state index in [0.717, 1.165) is 18.7 Å². The van der Waals surface area contributed by atoms with Gasteiger partial charge >= 0.3 is 0 Å². The minimum atomic E-state index is -0.305. The molecule has 1 aromatic rings. The Hall–Kier alpha value is -1.46. The summed E-state index contributed by atoms with van der Waals surface area (Å²) in [7, 11) is 2.17. The zero-order valence-electron chi connectivity index (χ0n) is 13.1. The molecule has 2 unspecified atom stereocenters. The fourth-order valence-corrected chi connectivity index (χ4v) is 2.93. The lowest BCUT2D eigenvalue weighted by Crippen LogP contribution is -2.43. The molecule has 0 bridgehead atoms. The van der Waals surface area contributed by atoms with Crippen molar-refractivity contribution in [1.82, 2.24) is 10.2 Å². The summed E-state index contributed by atoms with van der Waals surface area (Å²) in [5.74, 6) is 0. The molecule has 0 aliphatic carbocycles. The van der Waals surface area contributed by atoms with E-state index < -0.39 is 0 Å². The number of nitrogens with zero attached hydrogens (tertiary/aromatic N) is 2. The first kappa shape index (κ1) is 15.9. The number of hydrogen-bond acceptors (Lipinski definition) is 4. The number of piperidine rings is 1. The number of aryl methyl sites for hydroxylation is 1. The van der Waals surface area contributed by atoms with Gasteiger partial charge in [0.2, 0.25) is 0 Å². The Morgan fingerprint density at radius 3 is 2.90 bits per heavy atom. The smallest absolute Gasteiger partial charge is 0.272 e. The molecule has 0 saturated carbocycles. The second-order valence-corrected chi connectivity index (χ2v) is 6.06. The first-order valence-electron chi connectivity index (χ1n) is 7.67. The van der Waals surface area contributed by atoms with E-state index in [2.05, 4.69) is 24.2 Å². The first-order chi connectivity index (χ1) is 9.99. The van der Waals surface area contributed by atoms with Gasteiger partial charge in [-0.05, 0) is 45.8 Å². The number of rotatable bonds is 5. The third-order valence-electron chi connectivity index (χ3n) is 4.51. The van der Waals surface area contributed by atoms with Gasteiger partial charge in [-0.25, -0.2) is 0 Å². The Kier molecular flexibility index (Phi) is 5.31. The zero-order valence-corrected chi connectivity index (χ0v) is 13.1. The van der Waals surface area contributed by atoms with Crippen LogP contribution in [0.25, 0.3) is 0 Å². The molecule has 1 heterocycles. The van der Waals surface area contributed by atoms with E-state index in [1.807, 2.05) is 12.1 Å². The number of nitrogens with one attached hydrogen (secondary N) is 1. The van der Waals surface area contributed by atoms with Gasteiger partial charge in [-0.3, -0.25) is 10.1 Å². The molecule has 0 radical (unpaired) electrons. The number of likely N-dealkylation sites (N-methyl/N-ethyl adjacent to an activating group) is 1. The maximum Gasteiger partial charge on any atom is 0.272 e. The van der Waals surface area contributed by atoms with E-state index >= 15 is 0 Å². The largest absolute Gasteiger partial charge is 0.309 e. The van der Waals surface area contributed by atoms with Crippen LogP contribution in [0.4, 0.5) is 5.69 Å². The summed E-state index contributed by atoms with van der Waals surface area (Å²) in [5.41, 5.74) is 1.89. The summed E-state index contributed by atoms with van der Waals surface area (Å²) in [4.78, 5) is 13.1. The monoisotopic (exact) mass is 291 g/mol. The van der Waals surface area contributed by atoms with Crippen LogP contribution in [-0.2, 0) is 0 Å². The van der Waals surface area contributed by atoms with Crippen molar-refractivity contribution in [3.8, 4) is 0 Å². The van der Waals surface area contributed by atoms with Crippen molar-refractivity contribution in [2.24, 2.45) is 0 Å². The minimum Gasteiger partial charge on any atom is -0.309 e. The van der Waals surface area contributed by atoms with Crippen LogP contribution in [0.3, 0.4) is 0 Å². The number of likely N-dealkylation sites (tertiary alicyclic amines) is 1. The lowest BCUT2D eigenvalue weighted by molar-refractivity contribution is -0.385. The highest BCUT2D eigenvalue weighted by molar-refractivity contribution is 5.43. The van der Waals surface area contributed by atoms with E-state index in [4.69, 9.17) is 0 Å². The highest BCUT2D eigenvalue weighted by Gasteiger charge is 2.20. The van der Waals surface area contributed by atoms with Crippen LogP contribution < -0.4 is 5.32 Å². The molecule has 0 amide bonds. The van der Waals surface area contributed by atoms with Gasteiger partial charge in [-0.2, -0.15) is 0 Å². The molecule has 116 valence electrons. The van der Waals surface area contributed by atoms with Crippen LogP contribution in [0.1, 0.15) is 43.4 Å². The second kappa shape index (κ2) is 7.00. The maximum atomic E-state index is 11.0. The maximum absolute atomic E-state index is 11.0. The van der Waals surface area contributed by atoms with Gasteiger partial charge in [-0.1, -0.05) is 18.6 Å². The second-order valence-electron chi connectivity index (χ2n) is 6.06. The lowest BCUT2D eigenvalue weighted by Gasteiger charge is -2.33. The lowest BCUT2D eigenvalue weighted by atomic mass is 10.0. The Labute approximate surface area is 126 Å². The summed E-state index contributed by atoms with van der Waals surface area (Å²) in [5, 5.41) is 14.5. The van der Waals surface area contributed by atoms with Gasteiger partial charge in [0.1, 0.15) is 0 Å². The van der Waals surface area contributed by atoms with Gasteiger partial charge in [0, 0.05) is 30.3 Å². The summed E-state index contributed by atoms with van der Waals surface area (Å²) < 4.78 is 0. The minimum absolute atomic E-state index is 0.125. The molecule has 5 heteroatoms. The molecule has 1 N–H and O–H groups in total. The molecule has 1 aromatic carbocycles. The Morgan fingerprint density at radius 2 is 2.24 bits per heavy atom. The van der Waals surface area contributed by atoms with E-state index in [1.54, 1.807) is 13.0 Å². The molecule has 1 fully saturated rings. The fourth-order valence-electron chi connectivity index (χ4n) is 2.93. The van der Waals surface area contributed by atoms with E-state index in [1.165, 1.54) is 19.3 Å². The average molecular weight is 291 g/mol. The summed E-state index contributed by atoms with van der Waals surface area (Å²) >= 11 is 0. The Bertz CT molecular complexity index is 504. The molecule has 2 atom stereocenters. The molecule has 0 spiro atoms. The molecule has 1 saturated heterocycles. The number of nitro benzene ring substituents is 1. The zero-order chi connectivity index (χ0) is 15.4. The van der Waals surface area contributed by atoms with Gasteiger partial charge in [0.05, 0.1) is 4.92 Å². The van der Waals surface area contributed by atoms with Crippen LogP contribution in [0, 0.1) is 17.0 Å². The van der Waals surface area contributed by atoms with Crippen molar-refractivity contribution in [2.45, 2.75) is 45.2 Å². The molecule has 0 aromatic heterocycles. The highest BCUT2D eigenvalue weighted by atomic mass is 16.6. The van der Waals surface area contributed by atoms with Gasteiger partial charge in [0.25, 0.3) is 5.69 Å². The first-order valence-corrected chi connectivity index (χ1v) is 7.67. The summed E-state index contributed by atoms with van der Waals surface area (Å²) in [6.07, 6.45) is 3.80. The van der Waals surface area contributed by atoms with Crippen LogP contribution in [0.5, 0.6) is 0 Å². The third kappa shape index (κ3) is 4.02. The van der Waals surface area contributed by atoms with Crippen molar-refractivity contribution >= 4 is 5.69 Å². The standard InChI is InChI=1S/C16H25N3O2/c1-12-7-8-14(10-16(12)19(20)21)13(2)17-11-15-6-4-5-9-18(15)3/h7-8,10,13,15,17H,4-6,9,11H2,1-3H3. The fraction of sp³-hybridized carbons (Fsp3) is 0.625. The van der Waals surface area contributed by atoms with Crippen LogP contribution >= 0.6 is 0 Å². The molecule has 1 aliphatic heterocycles. The van der Waals surface area contributed by atoms with Crippen molar-refractivity contribution in [2.75, 3.05) is 20.1 Å². The quantitative estimate of drug-likeness (QED) is 0.669. The molecule has 1 aliphatic rings.